The maximum atomic E-state index is 6.06. The first kappa shape index (κ1) is 10.4. The van der Waals surface area contributed by atoms with Crippen LogP contribution in [0.15, 0.2) is 11.4 Å². The van der Waals surface area contributed by atoms with E-state index in [-0.39, 0.29) is 0 Å². The van der Waals surface area contributed by atoms with Crippen LogP contribution >= 0.6 is 22.9 Å². The van der Waals surface area contributed by atoms with Crippen LogP contribution in [0.1, 0.15) is 17.7 Å². The number of hydrogen-bond acceptors (Lipinski definition) is 3. The second-order valence-electron chi connectivity index (χ2n) is 3.69. The van der Waals surface area contributed by atoms with Crippen LogP contribution in [0, 0.1) is 0 Å². The van der Waals surface area contributed by atoms with Crippen LogP contribution in [-0.2, 0) is 6.54 Å². The Kier molecular flexibility index (Phi) is 3.44. The van der Waals surface area contributed by atoms with Crippen molar-refractivity contribution < 1.29 is 0 Å². The Morgan fingerprint density at radius 2 is 2.50 bits per heavy atom. The zero-order valence-corrected chi connectivity index (χ0v) is 9.65. The van der Waals surface area contributed by atoms with Gasteiger partial charge in [0, 0.05) is 24.0 Å². The van der Waals surface area contributed by atoms with Crippen LogP contribution in [0.5, 0.6) is 0 Å². The van der Waals surface area contributed by atoms with Crippen LogP contribution < -0.4 is 5.73 Å². The molecular weight excluding hydrogens is 216 g/mol. The monoisotopic (exact) mass is 230 g/mol. The van der Waals surface area contributed by atoms with Gasteiger partial charge < -0.3 is 5.73 Å². The lowest BCUT2D eigenvalue weighted by atomic mass is 10.2. The maximum Gasteiger partial charge on any atom is 0.0558 e. The molecule has 1 aliphatic heterocycles. The van der Waals surface area contributed by atoms with E-state index < -0.39 is 0 Å². The molecule has 2 rings (SSSR count). The lowest BCUT2D eigenvalue weighted by molar-refractivity contribution is 0.252. The molecule has 1 aromatic heterocycles. The third-order valence-electron chi connectivity index (χ3n) is 2.81. The van der Waals surface area contributed by atoms with E-state index in [0.29, 0.717) is 6.04 Å². The van der Waals surface area contributed by atoms with E-state index in [1.165, 1.54) is 17.7 Å². The predicted octanol–water partition coefficient (Wildman–Crippen LogP) is 2.32. The Labute approximate surface area is 93.7 Å². The summed E-state index contributed by atoms with van der Waals surface area (Å²) in [6.07, 6.45) is 2.50. The van der Waals surface area contributed by atoms with E-state index in [9.17, 15) is 0 Å². The van der Waals surface area contributed by atoms with Crippen LogP contribution in [0.3, 0.4) is 0 Å². The number of thiophene rings is 1. The highest BCUT2D eigenvalue weighted by atomic mass is 35.5. The van der Waals surface area contributed by atoms with Gasteiger partial charge in [-0.15, -0.1) is 11.3 Å². The van der Waals surface area contributed by atoms with E-state index in [1.807, 2.05) is 11.4 Å². The second kappa shape index (κ2) is 4.62. The normalized spacial score (nSPS) is 23.1. The largest absolute Gasteiger partial charge is 0.329 e. The Bertz CT molecular complexity index is 300. The highest BCUT2D eigenvalue weighted by molar-refractivity contribution is 7.10. The number of nitrogens with zero attached hydrogens (tertiary/aromatic N) is 1. The van der Waals surface area contributed by atoms with Gasteiger partial charge in [0.1, 0.15) is 0 Å². The fourth-order valence-electron chi connectivity index (χ4n) is 1.99. The number of hydrogen-bond donors (Lipinski definition) is 1. The summed E-state index contributed by atoms with van der Waals surface area (Å²) < 4.78 is 0. The zero-order chi connectivity index (χ0) is 9.97. The molecular formula is C10H15ClN2S. The Morgan fingerprint density at radius 3 is 3.14 bits per heavy atom. The van der Waals surface area contributed by atoms with Gasteiger partial charge in [-0.1, -0.05) is 11.6 Å². The molecule has 14 heavy (non-hydrogen) atoms. The SMILES string of the molecule is NCC1CCCN1Cc1sccc1Cl. The number of rotatable bonds is 3. The topological polar surface area (TPSA) is 29.3 Å². The van der Waals surface area contributed by atoms with E-state index in [1.54, 1.807) is 11.3 Å². The van der Waals surface area contributed by atoms with Gasteiger partial charge in [-0.3, -0.25) is 4.90 Å². The minimum Gasteiger partial charge on any atom is -0.329 e. The van der Waals surface area contributed by atoms with Gasteiger partial charge in [0.2, 0.25) is 0 Å². The molecule has 1 saturated heterocycles. The maximum absolute atomic E-state index is 6.06. The first-order valence-electron chi connectivity index (χ1n) is 4.97. The molecule has 2 nitrogen and oxygen atoms in total. The Morgan fingerprint density at radius 1 is 1.64 bits per heavy atom. The summed E-state index contributed by atoms with van der Waals surface area (Å²) >= 11 is 7.80. The molecule has 1 aliphatic rings. The minimum absolute atomic E-state index is 0.563. The molecule has 4 heteroatoms. The van der Waals surface area contributed by atoms with E-state index in [4.69, 9.17) is 17.3 Å². The zero-order valence-electron chi connectivity index (χ0n) is 8.08. The summed E-state index contributed by atoms with van der Waals surface area (Å²) in [6, 6.07) is 2.53. The highest BCUT2D eigenvalue weighted by Gasteiger charge is 2.23. The molecule has 2 heterocycles. The van der Waals surface area contributed by atoms with E-state index in [2.05, 4.69) is 4.90 Å². The summed E-state index contributed by atoms with van der Waals surface area (Å²) in [4.78, 5) is 3.71. The fourth-order valence-corrected chi connectivity index (χ4v) is 3.11. The molecule has 0 bridgehead atoms. The predicted molar refractivity (Wildman–Crippen MR) is 61.8 cm³/mol. The van der Waals surface area contributed by atoms with Crippen molar-refractivity contribution in [1.82, 2.24) is 4.90 Å². The molecule has 0 saturated carbocycles. The quantitative estimate of drug-likeness (QED) is 0.864. The average molecular weight is 231 g/mol. The van der Waals surface area contributed by atoms with Crippen LogP contribution in [-0.4, -0.2) is 24.0 Å². The summed E-state index contributed by atoms with van der Waals surface area (Å²) in [5, 5.41) is 2.95. The van der Waals surface area contributed by atoms with Crippen molar-refractivity contribution in [2.24, 2.45) is 5.73 Å². The molecule has 78 valence electrons. The van der Waals surface area contributed by atoms with Gasteiger partial charge in [0.25, 0.3) is 0 Å². The fraction of sp³-hybridized carbons (Fsp3) is 0.600. The first-order chi connectivity index (χ1) is 6.81. The first-order valence-corrected chi connectivity index (χ1v) is 6.23. The Balaban J connectivity index is 2.00. The number of likely N-dealkylation sites (tertiary alicyclic amines) is 1. The molecule has 0 aliphatic carbocycles. The lowest BCUT2D eigenvalue weighted by Gasteiger charge is -2.22. The standard InChI is InChI=1S/C10H15ClN2S/c11-9-3-5-14-10(9)7-13-4-1-2-8(13)6-12/h3,5,8H,1-2,4,6-7,12H2. The van der Waals surface area contributed by atoms with Gasteiger partial charge in [-0.25, -0.2) is 0 Å². The molecule has 2 N–H and O–H groups in total. The summed E-state index contributed by atoms with van der Waals surface area (Å²) in [6.45, 7) is 2.90. The van der Waals surface area contributed by atoms with E-state index in [0.717, 1.165) is 24.7 Å². The van der Waals surface area contributed by atoms with Crippen molar-refractivity contribution >= 4 is 22.9 Å². The molecule has 0 spiro atoms. The van der Waals surface area contributed by atoms with Crippen LogP contribution in [0.2, 0.25) is 5.02 Å². The molecule has 0 aromatic carbocycles. The average Bonchev–Trinajstić information content (AvgIpc) is 2.77. The van der Waals surface area contributed by atoms with Crippen molar-refractivity contribution in [2.75, 3.05) is 13.1 Å². The van der Waals surface area contributed by atoms with Gasteiger partial charge in [0.15, 0.2) is 0 Å². The van der Waals surface area contributed by atoms with Gasteiger partial charge >= 0.3 is 0 Å². The Hall–Kier alpha value is -0.0900. The van der Waals surface area contributed by atoms with Crippen molar-refractivity contribution in [1.29, 1.82) is 0 Å². The van der Waals surface area contributed by atoms with Gasteiger partial charge in [-0.05, 0) is 30.8 Å². The molecule has 1 atom stereocenters. The van der Waals surface area contributed by atoms with Crippen molar-refractivity contribution in [3.63, 3.8) is 0 Å². The molecule has 0 radical (unpaired) electrons. The van der Waals surface area contributed by atoms with Gasteiger partial charge in [0.05, 0.1) is 5.02 Å². The molecule has 1 aromatic rings. The number of halogens is 1. The van der Waals surface area contributed by atoms with Gasteiger partial charge in [-0.2, -0.15) is 0 Å². The van der Waals surface area contributed by atoms with Crippen molar-refractivity contribution in [3.05, 3.63) is 21.3 Å². The van der Waals surface area contributed by atoms with Crippen LogP contribution in [0.4, 0.5) is 0 Å². The van der Waals surface area contributed by atoms with E-state index >= 15 is 0 Å². The molecule has 1 unspecified atom stereocenters. The van der Waals surface area contributed by atoms with Crippen LogP contribution in [0.25, 0.3) is 0 Å². The summed E-state index contributed by atoms with van der Waals surface area (Å²) in [5.41, 5.74) is 5.72. The molecule has 1 fully saturated rings. The van der Waals surface area contributed by atoms with Crippen molar-refractivity contribution in [2.45, 2.75) is 25.4 Å². The smallest absolute Gasteiger partial charge is 0.0558 e. The summed E-state index contributed by atoms with van der Waals surface area (Å²) in [7, 11) is 0. The second-order valence-corrected chi connectivity index (χ2v) is 5.10. The third kappa shape index (κ3) is 2.11. The number of nitrogens with two attached hydrogens (primary N) is 1. The third-order valence-corrected chi connectivity index (χ3v) is 4.18. The minimum atomic E-state index is 0.563. The van der Waals surface area contributed by atoms with Crippen molar-refractivity contribution in [3.8, 4) is 0 Å². The lowest BCUT2D eigenvalue weighted by Crippen LogP contribution is -2.34. The molecule has 0 amide bonds. The highest BCUT2D eigenvalue weighted by Crippen LogP contribution is 2.26. The summed E-state index contributed by atoms with van der Waals surface area (Å²) in [5.74, 6) is 0.